The van der Waals surface area contributed by atoms with Crippen molar-refractivity contribution >= 4 is 45.7 Å². The maximum absolute atomic E-state index is 12.7. The van der Waals surface area contributed by atoms with E-state index in [1.807, 2.05) is 31.2 Å². The summed E-state index contributed by atoms with van der Waals surface area (Å²) in [5.74, 6) is -0.0377. The van der Waals surface area contributed by atoms with E-state index in [4.69, 9.17) is 14.2 Å². The number of benzene rings is 3. The summed E-state index contributed by atoms with van der Waals surface area (Å²) >= 11 is 0.787. The molecule has 3 aromatic rings. The lowest BCUT2D eigenvalue weighted by atomic mass is 10.1. The van der Waals surface area contributed by atoms with E-state index in [1.165, 1.54) is 0 Å². The fourth-order valence-corrected chi connectivity index (χ4v) is 4.54. The Morgan fingerprint density at radius 3 is 2.54 bits per heavy atom. The average molecular weight is 492 g/mol. The normalized spacial score (nSPS) is 14.6. The summed E-state index contributed by atoms with van der Waals surface area (Å²) in [5.41, 5.74) is 1.73. The van der Waals surface area contributed by atoms with Crippen LogP contribution >= 0.6 is 11.8 Å². The van der Waals surface area contributed by atoms with Gasteiger partial charge in [-0.15, -0.1) is 0 Å². The third kappa shape index (κ3) is 5.66. The molecule has 3 aromatic carbocycles. The third-order valence-corrected chi connectivity index (χ3v) is 6.20. The number of hydrogen-bond donors (Lipinski definition) is 0. The summed E-state index contributed by atoms with van der Waals surface area (Å²) in [6, 6.07) is 19.6. The number of nitrogens with zero attached hydrogens (tertiary/aromatic N) is 1. The van der Waals surface area contributed by atoms with E-state index < -0.39 is 23.7 Å². The SMILES string of the molecule is CCOC(=O)CN1C(=O)S/C(=C\c2ccc(OCc3cccc4ccccc34)c(OCC)c2)C1=O. The van der Waals surface area contributed by atoms with Crippen molar-refractivity contribution in [2.75, 3.05) is 19.8 Å². The van der Waals surface area contributed by atoms with Gasteiger partial charge in [-0.1, -0.05) is 48.5 Å². The molecule has 7 nitrogen and oxygen atoms in total. The molecule has 8 heteroatoms. The first kappa shape index (κ1) is 24.3. The number of hydrogen-bond acceptors (Lipinski definition) is 7. The molecular formula is C27H25NO6S. The number of amides is 2. The predicted molar refractivity (Wildman–Crippen MR) is 135 cm³/mol. The van der Waals surface area contributed by atoms with Gasteiger partial charge in [0.25, 0.3) is 11.1 Å². The maximum Gasteiger partial charge on any atom is 0.326 e. The fourth-order valence-electron chi connectivity index (χ4n) is 3.70. The number of thioether (sulfide) groups is 1. The first-order valence-corrected chi connectivity index (χ1v) is 12.1. The largest absolute Gasteiger partial charge is 0.490 e. The van der Waals surface area contributed by atoms with Crippen molar-refractivity contribution in [1.29, 1.82) is 0 Å². The van der Waals surface area contributed by atoms with Crippen LogP contribution < -0.4 is 9.47 Å². The topological polar surface area (TPSA) is 82.1 Å². The van der Waals surface area contributed by atoms with Gasteiger partial charge in [-0.05, 0) is 65.7 Å². The molecule has 1 saturated heterocycles. The molecule has 0 aromatic heterocycles. The van der Waals surface area contributed by atoms with Gasteiger partial charge < -0.3 is 14.2 Å². The van der Waals surface area contributed by atoms with Gasteiger partial charge in [0.2, 0.25) is 0 Å². The number of carbonyl (C=O) groups is 3. The molecule has 0 unspecified atom stereocenters. The van der Waals surface area contributed by atoms with E-state index in [1.54, 1.807) is 31.2 Å². The van der Waals surface area contributed by atoms with Crippen LogP contribution in [-0.2, 0) is 20.9 Å². The minimum atomic E-state index is -0.623. The van der Waals surface area contributed by atoms with Crippen LogP contribution in [0.1, 0.15) is 25.0 Å². The van der Waals surface area contributed by atoms with Crippen LogP contribution in [0.25, 0.3) is 16.8 Å². The first-order chi connectivity index (χ1) is 17.0. The van der Waals surface area contributed by atoms with Gasteiger partial charge in [0.1, 0.15) is 13.2 Å². The van der Waals surface area contributed by atoms with Gasteiger partial charge in [0.15, 0.2) is 11.5 Å². The fraction of sp³-hybridized carbons (Fsp3) is 0.222. The highest BCUT2D eigenvalue weighted by molar-refractivity contribution is 8.18. The third-order valence-electron chi connectivity index (χ3n) is 5.29. The molecule has 1 aliphatic rings. The van der Waals surface area contributed by atoms with E-state index >= 15 is 0 Å². The number of esters is 1. The molecule has 0 atom stereocenters. The van der Waals surface area contributed by atoms with Crippen LogP contribution in [0.5, 0.6) is 11.5 Å². The van der Waals surface area contributed by atoms with E-state index in [2.05, 4.69) is 18.2 Å². The van der Waals surface area contributed by atoms with Crippen LogP contribution in [0.2, 0.25) is 0 Å². The minimum absolute atomic E-state index is 0.181. The van der Waals surface area contributed by atoms with Gasteiger partial charge in [-0.3, -0.25) is 19.3 Å². The van der Waals surface area contributed by atoms with Crippen molar-refractivity contribution in [3.63, 3.8) is 0 Å². The molecule has 1 heterocycles. The second-order valence-electron chi connectivity index (χ2n) is 7.64. The molecule has 180 valence electrons. The number of carbonyl (C=O) groups excluding carboxylic acids is 3. The highest BCUT2D eigenvalue weighted by atomic mass is 32.2. The molecule has 0 spiro atoms. The summed E-state index contributed by atoms with van der Waals surface area (Å²) < 4.78 is 16.7. The first-order valence-electron chi connectivity index (χ1n) is 11.3. The molecule has 4 rings (SSSR count). The lowest BCUT2D eigenvalue weighted by Gasteiger charge is -2.14. The van der Waals surface area contributed by atoms with Crippen LogP contribution in [0, 0.1) is 0 Å². The van der Waals surface area contributed by atoms with E-state index in [-0.39, 0.29) is 11.5 Å². The molecular weight excluding hydrogens is 466 g/mol. The lowest BCUT2D eigenvalue weighted by Crippen LogP contribution is -2.34. The standard InChI is InChI=1S/C27H25NO6S/c1-3-32-23-14-18(15-24-26(30)28(27(31)35-24)16-25(29)33-4-2)12-13-22(23)34-17-20-10-7-9-19-8-5-6-11-21(19)20/h5-15H,3-4,16-17H2,1-2H3/b24-15-. The Balaban J connectivity index is 1.52. The van der Waals surface area contributed by atoms with Crippen molar-refractivity contribution in [3.8, 4) is 11.5 Å². The number of fused-ring (bicyclic) bond motifs is 1. The molecule has 0 aliphatic carbocycles. The summed E-state index contributed by atoms with van der Waals surface area (Å²) in [6.07, 6.45) is 1.60. The van der Waals surface area contributed by atoms with Crippen molar-refractivity contribution in [3.05, 3.63) is 76.7 Å². The Morgan fingerprint density at radius 1 is 0.943 bits per heavy atom. The van der Waals surface area contributed by atoms with Gasteiger partial charge in [0.05, 0.1) is 18.1 Å². The Morgan fingerprint density at radius 2 is 1.74 bits per heavy atom. The number of imide groups is 1. The summed E-state index contributed by atoms with van der Waals surface area (Å²) in [4.78, 5) is 37.7. The smallest absolute Gasteiger partial charge is 0.326 e. The number of rotatable bonds is 9. The van der Waals surface area contributed by atoms with Crippen molar-refractivity contribution in [1.82, 2.24) is 4.90 Å². The highest BCUT2D eigenvalue weighted by Crippen LogP contribution is 2.35. The zero-order chi connectivity index (χ0) is 24.8. The van der Waals surface area contributed by atoms with E-state index in [0.29, 0.717) is 30.3 Å². The van der Waals surface area contributed by atoms with Gasteiger partial charge in [-0.25, -0.2) is 0 Å². The quantitative estimate of drug-likeness (QED) is 0.292. The molecule has 35 heavy (non-hydrogen) atoms. The van der Waals surface area contributed by atoms with Crippen molar-refractivity contribution in [2.24, 2.45) is 0 Å². The van der Waals surface area contributed by atoms with Gasteiger partial charge in [-0.2, -0.15) is 0 Å². The Labute approximate surface area is 207 Å². The van der Waals surface area contributed by atoms with Crippen molar-refractivity contribution < 1.29 is 28.6 Å². The van der Waals surface area contributed by atoms with Gasteiger partial charge in [0, 0.05) is 0 Å². The molecule has 0 saturated carbocycles. The van der Waals surface area contributed by atoms with E-state index in [0.717, 1.165) is 33.0 Å². The predicted octanol–water partition coefficient (Wildman–Crippen LogP) is 5.42. The summed E-state index contributed by atoms with van der Waals surface area (Å²) in [7, 11) is 0. The van der Waals surface area contributed by atoms with Crippen molar-refractivity contribution in [2.45, 2.75) is 20.5 Å². The Hall–Kier alpha value is -3.78. The maximum atomic E-state index is 12.7. The second-order valence-corrected chi connectivity index (χ2v) is 8.63. The molecule has 0 radical (unpaired) electrons. The lowest BCUT2D eigenvalue weighted by molar-refractivity contribution is -0.145. The molecule has 2 amide bonds. The zero-order valence-corrected chi connectivity index (χ0v) is 20.3. The molecule has 0 N–H and O–H groups in total. The van der Waals surface area contributed by atoms with Crippen LogP contribution in [0.15, 0.2) is 65.6 Å². The summed E-state index contributed by atoms with van der Waals surface area (Å²) in [6.45, 7) is 4.12. The number of ether oxygens (including phenoxy) is 3. The summed E-state index contributed by atoms with van der Waals surface area (Å²) in [5, 5.41) is 1.77. The zero-order valence-electron chi connectivity index (χ0n) is 19.5. The Bertz CT molecular complexity index is 1300. The average Bonchev–Trinajstić information content (AvgIpc) is 3.11. The van der Waals surface area contributed by atoms with Crippen LogP contribution in [0.3, 0.4) is 0 Å². The van der Waals surface area contributed by atoms with Crippen LogP contribution in [0.4, 0.5) is 4.79 Å². The molecule has 0 bridgehead atoms. The van der Waals surface area contributed by atoms with E-state index in [9.17, 15) is 14.4 Å². The monoisotopic (exact) mass is 491 g/mol. The molecule has 1 fully saturated rings. The van der Waals surface area contributed by atoms with Gasteiger partial charge >= 0.3 is 5.97 Å². The Kier molecular flexibility index (Phi) is 7.72. The molecule has 1 aliphatic heterocycles. The minimum Gasteiger partial charge on any atom is -0.490 e. The highest BCUT2D eigenvalue weighted by Gasteiger charge is 2.36. The second kappa shape index (κ2) is 11.1. The van der Waals surface area contributed by atoms with Crippen LogP contribution in [-0.4, -0.2) is 41.8 Å².